The van der Waals surface area contributed by atoms with Gasteiger partial charge in [0.1, 0.15) is 11.5 Å². The molecule has 1 fully saturated rings. The number of para-hydroxylation sites is 2. The number of hydrogen-bond acceptors (Lipinski definition) is 4. The van der Waals surface area contributed by atoms with E-state index in [2.05, 4.69) is 21.6 Å². The van der Waals surface area contributed by atoms with Gasteiger partial charge in [0.15, 0.2) is 0 Å². The van der Waals surface area contributed by atoms with Crippen LogP contribution in [0.2, 0.25) is 0 Å². The Bertz CT molecular complexity index is 817. The quantitative estimate of drug-likeness (QED) is 0.723. The molecule has 0 aliphatic carbocycles. The summed E-state index contributed by atoms with van der Waals surface area (Å²) in [5.41, 5.74) is 2.77. The Morgan fingerprint density at radius 1 is 1.00 bits per heavy atom. The van der Waals surface area contributed by atoms with Crippen molar-refractivity contribution in [2.75, 3.05) is 37.5 Å². The predicted octanol–water partition coefficient (Wildman–Crippen LogP) is 4.97. The summed E-state index contributed by atoms with van der Waals surface area (Å²) in [5.74, 6) is 1.44. The Hall–Kier alpha value is -2.89. The van der Waals surface area contributed by atoms with Gasteiger partial charge in [-0.3, -0.25) is 0 Å². The van der Waals surface area contributed by atoms with Crippen molar-refractivity contribution in [2.45, 2.75) is 38.6 Å². The fourth-order valence-electron chi connectivity index (χ4n) is 3.78. The highest BCUT2D eigenvalue weighted by Crippen LogP contribution is 2.30. The van der Waals surface area contributed by atoms with E-state index in [9.17, 15) is 4.79 Å². The second kappa shape index (κ2) is 10.0. The van der Waals surface area contributed by atoms with Gasteiger partial charge in [0.25, 0.3) is 0 Å². The molecule has 2 amide bonds. The summed E-state index contributed by atoms with van der Waals surface area (Å²) in [6, 6.07) is 13.1. The molecular weight excluding hydrogens is 366 g/mol. The van der Waals surface area contributed by atoms with Crippen LogP contribution in [0.25, 0.3) is 0 Å². The SMILES string of the molecule is COc1ccc(OC)c([C@H](C)NC(=O)Nc2ccccc2N2CCCCCC2)c1. The molecule has 6 nitrogen and oxygen atoms in total. The van der Waals surface area contributed by atoms with Crippen molar-refractivity contribution >= 4 is 17.4 Å². The molecule has 3 rings (SSSR count). The molecule has 29 heavy (non-hydrogen) atoms. The Labute approximate surface area is 173 Å². The minimum atomic E-state index is -0.246. The van der Waals surface area contributed by atoms with Crippen LogP contribution in [0.3, 0.4) is 0 Å². The number of ether oxygens (including phenoxy) is 2. The van der Waals surface area contributed by atoms with Crippen molar-refractivity contribution in [1.29, 1.82) is 0 Å². The molecule has 0 unspecified atom stereocenters. The maximum absolute atomic E-state index is 12.7. The van der Waals surface area contributed by atoms with Gasteiger partial charge in [0, 0.05) is 18.7 Å². The van der Waals surface area contributed by atoms with Gasteiger partial charge in [-0.2, -0.15) is 0 Å². The monoisotopic (exact) mass is 397 g/mol. The number of benzene rings is 2. The summed E-state index contributed by atoms with van der Waals surface area (Å²) in [4.78, 5) is 15.1. The number of amides is 2. The van der Waals surface area contributed by atoms with E-state index < -0.39 is 0 Å². The molecule has 156 valence electrons. The number of carbonyl (C=O) groups is 1. The third-order valence-electron chi connectivity index (χ3n) is 5.35. The van der Waals surface area contributed by atoms with Gasteiger partial charge < -0.3 is 25.0 Å². The molecule has 0 saturated carbocycles. The van der Waals surface area contributed by atoms with Crippen LogP contribution >= 0.6 is 0 Å². The van der Waals surface area contributed by atoms with Crippen LogP contribution in [0.4, 0.5) is 16.2 Å². The number of hydrogen-bond donors (Lipinski definition) is 2. The van der Waals surface area contributed by atoms with E-state index in [0.29, 0.717) is 5.75 Å². The zero-order valence-corrected chi connectivity index (χ0v) is 17.5. The first kappa shape index (κ1) is 20.8. The first-order valence-corrected chi connectivity index (χ1v) is 10.3. The number of nitrogens with one attached hydrogen (secondary N) is 2. The molecule has 1 aliphatic rings. The number of carbonyl (C=O) groups excluding carboxylic acids is 1. The molecule has 2 N–H and O–H groups in total. The summed E-state index contributed by atoms with van der Waals surface area (Å²) in [6.45, 7) is 3.98. The van der Waals surface area contributed by atoms with Crippen LogP contribution in [-0.4, -0.2) is 33.3 Å². The molecule has 0 aromatic heterocycles. The fourth-order valence-corrected chi connectivity index (χ4v) is 3.78. The molecule has 1 saturated heterocycles. The van der Waals surface area contributed by atoms with E-state index in [1.807, 2.05) is 43.3 Å². The number of nitrogens with zero attached hydrogens (tertiary/aromatic N) is 1. The molecular formula is C23H31N3O3. The second-order valence-corrected chi connectivity index (χ2v) is 7.35. The molecule has 1 aliphatic heterocycles. The standard InChI is InChI=1S/C23H31N3O3/c1-17(19-16-18(28-2)12-13-22(19)29-3)24-23(27)25-20-10-6-7-11-21(20)26-14-8-4-5-9-15-26/h6-7,10-13,16-17H,4-5,8-9,14-15H2,1-3H3,(H2,24,25,27)/t17-/m0/s1. The van der Waals surface area contributed by atoms with Crippen molar-refractivity contribution < 1.29 is 14.3 Å². The summed E-state index contributed by atoms with van der Waals surface area (Å²) in [5, 5.41) is 6.04. The topological polar surface area (TPSA) is 62.8 Å². The number of urea groups is 1. The van der Waals surface area contributed by atoms with E-state index in [1.54, 1.807) is 14.2 Å². The van der Waals surface area contributed by atoms with Gasteiger partial charge >= 0.3 is 6.03 Å². The van der Waals surface area contributed by atoms with Gasteiger partial charge in [0.2, 0.25) is 0 Å². The summed E-state index contributed by atoms with van der Waals surface area (Å²) >= 11 is 0. The van der Waals surface area contributed by atoms with Crippen LogP contribution in [0.15, 0.2) is 42.5 Å². The first-order chi connectivity index (χ1) is 14.1. The minimum Gasteiger partial charge on any atom is -0.497 e. The van der Waals surface area contributed by atoms with E-state index >= 15 is 0 Å². The number of methoxy groups -OCH3 is 2. The van der Waals surface area contributed by atoms with Crippen molar-refractivity contribution in [3.8, 4) is 11.5 Å². The summed E-state index contributed by atoms with van der Waals surface area (Å²) < 4.78 is 10.8. The van der Waals surface area contributed by atoms with Gasteiger partial charge in [-0.05, 0) is 50.1 Å². The van der Waals surface area contributed by atoms with Gasteiger partial charge in [0.05, 0.1) is 31.6 Å². The zero-order valence-electron chi connectivity index (χ0n) is 17.5. The van der Waals surface area contributed by atoms with E-state index in [4.69, 9.17) is 9.47 Å². The highest BCUT2D eigenvalue weighted by atomic mass is 16.5. The molecule has 6 heteroatoms. The van der Waals surface area contributed by atoms with Gasteiger partial charge in [-0.25, -0.2) is 4.79 Å². The molecule has 2 aromatic rings. The fraction of sp³-hybridized carbons (Fsp3) is 0.435. The average Bonchev–Trinajstić information content (AvgIpc) is 3.03. The smallest absolute Gasteiger partial charge is 0.319 e. The van der Waals surface area contributed by atoms with Crippen LogP contribution in [0.1, 0.15) is 44.2 Å². The van der Waals surface area contributed by atoms with Crippen LogP contribution in [-0.2, 0) is 0 Å². The summed E-state index contributed by atoms with van der Waals surface area (Å²) in [6.07, 6.45) is 4.92. The largest absolute Gasteiger partial charge is 0.497 e. The average molecular weight is 398 g/mol. The highest BCUT2D eigenvalue weighted by molar-refractivity contribution is 5.93. The molecule has 0 bridgehead atoms. The lowest BCUT2D eigenvalue weighted by Crippen LogP contribution is -2.32. The normalized spacial score (nSPS) is 15.2. The predicted molar refractivity (Wildman–Crippen MR) is 117 cm³/mol. The zero-order chi connectivity index (χ0) is 20.6. The number of rotatable bonds is 6. The molecule has 1 atom stereocenters. The third-order valence-corrected chi connectivity index (χ3v) is 5.35. The second-order valence-electron chi connectivity index (χ2n) is 7.35. The molecule has 0 radical (unpaired) electrons. The highest BCUT2D eigenvalue weighted by Gasteiger charge is 2.18. The Morgan fingerprint density at radius 2 is 1.72 bits per heavy atom. The van der Waals surface area contributed by atoms with Crippen LogP contribution < -0.4 is 25.0 Å². The van der Waals surface area contributed by atoms with Gasteiger partial charge in [-0.15, -0.1) is 0 Å². The first-order valence-electron chi connectivity index (χ1n) is 10.3. The molecule has 2 aromatic carbocycles. The lowest BCUT2D eigenvalue weighted by atomic mass is 10.1. The van der Waals surface area contributed by atoms with Crippen LogP contribution in [0.5, 0.6) is 11.5 Å². The molecule has 1 heterocycles. The van der Waals surface area contributed by atoms with E-state index in [0.717, 1.165) is 35.8 Å². The summed E-state index contributed by atoms with van der Waals surface area (Å²) in [7, 11) is 3.24. The molecule has 0 spiro atoms. The maximum Gasteiger partial charge on any atom is 0.319 e. The van der Waals surface area contributed by atoms with E-state index in [1.165, 1.54) is 25.7 Å². The van der Waals surface area contributed by atoms with Crippen molar-refractivity contribution in [2.24, 2.45) is 0 Å². The third kappa shape index (κ3) is 5.34. The Morgan fingerprint density at radius 3 is 2.41 bits per heavy atom. The van der Waals surface area contributed by atoms with E-state index in [-0.39, 0.29) is 12.1 Å². The maximum atomic E-state index is 12.7. The van der Waals surface area contributed by atoms with Crippen molar-refractivity contribution in [1.82, 2.24) is 5.32 Å². The van der Waals surface area contributed by atoms with Crippen molar-refractivity contribution in [3.05, 3.63) is 48.0 Å². The Kier molecular flexibility index (Phi) is 7.22. The minimum absolute atomic E-state index is 0.245. The van der Waals surface area contributed by atoms with Gasteiger partial charge in [-0.1, -0.05) is 25.0 Å². The Balaban J connectivity index is 1.71. The lowest BCUT2D eigenvalue weighted by Gasteiger charge is -2.26. The number of anilines is 2. The van der Waals surface area contributed by atoms with Crippen molar-refractivity contribution in [3.63, 3.8) is 0 Å². The lowest BCUT2D eigenvalue weighted by molar-refractivity contribution is 0.249. The van der Waals surface area contributed by atoms with Crippen LogP contribution in [0, 0.1) is 0 Å².